The molecule has 0 radical (unpaired) electrons. The number of carbonyl (C=O) groups is 1. The number of carbonyl (C=O) groups excluding carboxylic acids is 1. The van der Waals surface area contributed by atoms with Crippen molar-refractivity contribution in [2.75, 3.05) is 25.6 Å². The van der Waals surface area contributed by atoms with E-state index in [9.17, 15) is 4.79 Å². The lowest BCUT2D eigenvalue weighted by Crippen LogP contribution is -2.23. The van der Waals surface area contributed by atoms with E-state index in [1.807, 2.05) is 19.1 Å². The third kappa shape index (κ3) is 2.84. The van der Waals surface area contributed by atoms with Gasteiger partial charge in [0.25, 0.3) is 0 Å². The Hall–Kier alpha value is -1.07. The Bertz CT molecular complexity index is 456. The van der Waals surface area contributed by atoms with Crippen molar-refractivity contribution in [2.24, 2.45) is 5.92 Å². The molecular formula is C13H16BrNO3. The van der Waals surface area contributed by atoms with Gasteiger partial charge in [-0.3, -0.25) is 4.79 Å². The zero-order valence-electron chi connectivity index (χ0n) is 10.5. The maximum atomic E-state index is 12.1. The molecule has 1 amide bonds. The number of hydrogen-bond donors (Lipinski definition) is 1. The molecule has 0 unspecified atom stereocenters. The molecule has 1 aliphatic rings. The highest BCUT2D eigenvalue weighted by molar-refractivity contribution is 9.10. The van der Waals surface area contributed by atoms with E-state index in [1.54, 1.807) is 7.11 Å². The van der Waals surface area contributed by atoms with Crippen LogP contribution in [0.2, 0.25) is 0 Å². The summed E-state index contributed by atoms with van der Waals surface area (Å²) in [7, 11) is 1.59. The van der Waals surface area contributed by atoms with Crippen LogP contribution in [0.1, 0.15) is 12.0 Å². The molecule has 5 heteroatoms. The number of amides is 1. The zero-order chi connectivity index (χ0) is 13.1. The molecule has 1 N–H and O–H groups in total. The van der Waals surface area contributed by atoms with Gasteiger partial charge in [-0.05, 0) is 31.0 Å². The van der Waals surface area contributed by atoms with E-state index in [-0.39, 0.29) is 11.8 Å². The van der Waals surface area contributed by atoms with E-state index in [0.717, 1.165) is 22.1 Å². The average Bonchev–Trinajstić information content (AvgIpc) is 2.85. The zero-order valence-corrected chi connectivity index (χ0v) is 12.0. The molecule has 1 aromatic carbocycles. The summed E-state index contributed by atoms with van der Waals surface area (Å²) in [5.41, 5.74) is 1.70. The first-order chi connectivity index (χ1) is 8.61. The molecule has 98 valence electrons. The highest BCUT2D eigenvalue weighted by Crippen LogP contribution is 2.32. The number of rotatable bonds is 3. The first-order valence-corrected chi connectivity index (χ1v) is 6.64. The number of ether oxygens (including phenoxy) is 2. The van der Waals surface area contributed by atoms with Crippen molar-refractivity contribution in [3.8, 4) is 5.75 Å². The van der Waals surface area contributed by atoms with E-state index in [0.29, 0.717) is 19.0 Å². The average molecular weight is 314 g/mol. The largest absolute Gasteiger partial charge is 0.495 e. The first-order valence-electron chi connectivity index (χ1n) is 5.84. The van der Waals surface area contributed by atoms with Gasteiger partial charge in [0.15, 0.2) is 0 Å². The molecule has 0 saturated carbocycles. The van der Waals surface area contributed by atoms with Crippen LogP contribution in [0.3, 0.4) is 0 Å². The van der Waals surface area contributed by atoms with Crippen molar-refractivity contribution >= 4 is 27.5 Å². The van der Waals surface area contributed by atoms with Crippen molar-refractivity contribution in [3.63, 3.8) is 0 Å². The summed E-state index contributed by atoms with van der Waals surface area (Å²) in [6.07, 6.45) is 0.781. The smallest absolute Gasteiger partial charge is 0.230 e. The minimum Gasteiger partial charge on any atom is -0.495 e. The molecule has 0 spiro atoms. The Morgan fingerprint density at radius 1 is 1.56 bits per heavy atom. The molecule has 1 aliphatic heterocycles. The van der Waals surface area contributed by atoms with E-state index < -0.39 is 0 Å². The van der Waals surface area contributed by atoms with Crippen LogP contribution in [0.5, 0.6) is 5.75 Å². The van der Waals surface area contributed by atoms with Crippen LogP contribution >= 0.6 is 15.9 Å². The normalized spacial score (nSPS) is 18.7. The van der Waals surface area contributed by atoms with Crippen LogP contribution in [0.4, 0.5) is 5.69 Å². The summed E-state index contributed by atoms with van der Waals surface area (Å²) in [4.78, 5) is 12.1. The van der Waals surface area contributed by atoms with Gasteiger partial charge in [-0.25, -0.2) is 0 Å². The van der Waals surface area contributed by atoms with Crippen molar-refractivity contribution < 1.29 is 14.3 Å². The SMILES string of the molecule is COc1cc(Br)cc(C)c1NC(=O)[C@@H]1CCOC1. The molecule has 0 aliphatic carbocycles. The highest BCUT2D eigenvalue weighted by atomic mass is 79.9. The molecule has 18 heavy (non-hydrogen) atoms. The number of nitrogens with one attached hydrogen (secondary N) is 1. The lowest BCUT2D eigenvalue weighted by molar-refractivity contribution is -0.119. The van der Waals surface area contributed by atoms with Gasteiger partial charge in [-0.2, -0.15) is 0 Å². The fraction of sp³-hybridized carbons (Fsp3) is 0.462. The number of anilines is 1. The van der Waals surface area contributed by atoms with Gasteiger partial charge in [-0.1, -0.05) is 15.9 Å². The molecule has 1 heterocycles. The van der Waals surface area contributed by atoms with Crippen molar-refractivity contribution in [2.45, 2.75) is 13.3 Å². The summed E-state index contributed by atoms with van der Waals surface area (Å²) < 4.78 is 11.4. The van der Waals surface area contributed by atoms with Gasteiger partial charge in [-0.15, -0.1) is 0 Å². The quantitative estimate of drug-likeness (QED) is 0.933. The van der Waals surface area contributed by atoms with E-state index >= 15 is 0 Å². The van der Waals surface area contributed by atoms with Crippen LogP contribution in [0, 0.1) is 12.8 Å². The minimum atomic E-state index is -0.0576. The van der Waals surface area contributed by atoms with Gasteiger partial charge in [0.2, 0.25) is 5.91 Å². The maximum Gasteiger partial charge on any atom is 0.230 e. The number of aryl methyl sites for hydroxylation is 1. The third-order valence-corrected chi connectivity index (χ3v) is 3.49. The predicted molar refractivity (Wildman–Crippen MR) is 73.0 cm³/mol. The Kier molecular flexibility index (Phi) is 4.24. The molecule has 0 bridgehead atoms. The van der Waals surface area contributed by atoms with Crippen LogP contribution < -0.4 is 10.1 Å². The van der Waals surface area contributed by atoms with E-state index in [2.05, 4.69) is 21.2 Å². The van der Waals surface area contributed by atoms with E-state index in [1.165, 1.54) is 0 Å². The molecule has 2 rings (SSSR count). The molecule has 1 aromatic rings. The standard InChI is InChI=1S/C13H16BrNO3/c1-8-5-10(14)6-11(17-2)12(8)15-13(16)9-3-4-18-7-9/h5-6,9H,3-4,7H2,1-2H3,(H,15,16)/t9-/m1/s1. The van der Waals surface area contributed by atoms with Crippen LogP contribution in [0.25, 0.3) is 0 Å². The molecule has 1 fully saturated rings. The molecule has 0 aromatic heterocycles. The first kappa shape index (κ1) is 13.4. The number of benzene rings is 1. The van der Waals surface area contributed by atoms with E-state index in [4.69, 9.17) is 9.47 Å². The van der Waals surface area contributed by atoms with Crippen molar-refractivity contribution in [3.05, 3.63) is 22.2 Å². The topological polar surface area (TPSA) is 47.6 Å². The fourth-order valence-electron chi connectivity index (χ4n) is 2.00. The number of hydrogen-bond acceptors (Lipinski definition) is 3. The van der Waals surface area contributed by atoms with Crippen molar-refractivity contribution in [1.29, 1.82) is 0 Å². The van der Waals surface area contributed by atoms with Crippen LogP contribution in [-0.2, 0) is 9.53 Å². The molecule has 4 nitrogen and oxygen atoms in total. The number of halogens is 1. The molecular weight excluding hydrogens is 298 g/mol. The summed E-state index contributed by atoms with van der Waals surface area (Å²) in [5, 5.41) is 2.93. The summed E-state index contributed by atoms with van der Waals surface area (Å²) in [5.74, 6) is 0.600. The Labute approximate surface area is 115 Å². The predicted octanol–water partition coefficient (Wildman–Crippen LogP) is 2.74. The lowest BCUT2D eigenvalue weighted by atomic mass is 10.1. The Morgan fingerprint density at radius 2 is 2.33 bits per heavy atom. The summed E-state index contributed by atoms with van der Waals surface area (Å²) >= 11 is 3.41. The second-order valence-corrected chi connectivity index (χ2v) is 5.27. The third-order valence-electron chi connectivity index (χ3n) is 3.03. The van der Waals surface area contributed by atoms with Gasteiger partial charge >= 0.3 is 0 Å². The maximum absolute atomic E-state index is 12.1. The van der Waals surface area contributed by atoms with Gasteiger partial charge < -0.3 is 14.8 Å². The second kappa shape index (κ2) is 5.71. The minimum absolute atomic E-state index is 0.00350. The molecule has 1 atom stereocenters. The highest BCUT2D eigenvalue weighted by Gasteiger charge is 2.24. The van der Waals surface area contributed by atoms with Crippen LogP contribution in [-0.4, -0.2) is 26.2 Å². The van der Waals surface area contributed by atoms with Gasteiger partial charge in [0, 0.05) is 11.1 Å². The number of methoxy groups -OCH3 is 1. The summed E-state index contributed by atoms with van der Waals surface area (Å²) in [6.45, 7) is 3.10. The lowest BCUT2D eigenvalue weighted by Gasteiger charge is -2.15. The van der Waals surface area contributed by atoms with Crippen LogP contribution in [0.15, 0.2) is 16.6 Å². The Balaban J connectivity index is 2.19. The monoisotopic (exact) mass is 313 g/mol. The van der Waals surface area contributed by atoms with Gasteiger partial charge in [0.1, 0.15) is 5.75 Å². The van der Waals surface area contributed by atoms with Crippen molar-refractivity contribution in [1.82, 2.24) is 0 Å². The fourth-order valence-corrected chi connectivity index (χ4v) is 2.55. The molecule has 1 saturated heterocycles. The van der Waals surface area contributed by atoms with Gasteiger partial charge in [0.05, 0.1) is 25.3 Å². The summed E-state index contributed by atoms with van der Waals surface area (Å²) in [6, 6.07) is 3.79. The Morgan fingerprint density at radius 3 is 2.94 bits per heavy atom. The second-order valence-electron chi connectivity index (χ2n) is 4.35.